The average Bonchev–Trinajstić information content (AvgIpc) is 1.89. The van der Waals surface area contributed by atoms with E-state index in [2.05, 4.69) is 0 Å². The molecule has 1 heterocycles. The molecule has 0 saturated carbocycles. The van der Waals surface area contributed by atoms with Gasteiger partial charge in [-0.3, -0.25) is 4.79 Å². The molecule has 1 amide bonds. The van der Waals surface area contributed by atoms with Crippen LogP contribution in [0.25, 0.3) is 0 Å². The van der Waals surface area contributed by atoms with Gasteiger partial charge in [0, 0.05) is 6.54 Å². The molecule has 0 aromatic heterocycles. The molecular weight excluding hydrogens is 138 g/mol. The largest absolute Gasteiger partial charge is 0.301 e. The van der Waals surface area contributed by atoms with Crippen molar-refractivity contribution < 1.29 is 4.79 Å². The van der Waals surface area contributed by atoms with Crippen LogP contribution in [-0.2, 0) is 4.79 Å². The van der Waals surface area contributed by atoms with Crippen molar-refractivity contribution in [3.05, 3.63) is 23.4 Å². The zero-order valence-electron chi connectivity index (χ0n) is 4.75. The second-order valence-corrected chi connectivity index (χ2v) is 2.06. The molecule has 0 radical (unpaired) electrons. The summed E-state index contributed by atoms with van der Waals surface area (Å²) >= 11 is 5.59. The first-order valence-electron chi connectivity index (χ1n) is 2.59. The van der Waals surface area contributed by atoms with Crippen molar-refractivity contribution in [1.82, 2.24) is 4.90 Å². The summed E-state index contributed by atoms with van der Waals surface area (Å²) in [5, 5.41) is 0.479. The molecule has 0 aromatic carbocycles. The lowest BCUT2D eigenvalue weighted by Gasteiger charge is -2.15. The standard InChI is InChI=1S/C6H6ClNO/c7-6-3-1-2-4-8(6)5-9/h1-3,5H,4H2. The van der Waals surface area contributed by atoms with E-state index < -0.39 is 0 Å². The van der Waals surface area contributed by atoms with Crippen LogP contribution < -0.4 is 0 Å². The summed E-state index contributed by atoms with van der Waals surface area (Å²) in [6.07, 6.45) is 6.07. The van der Waals surface area contributed by atoms with Gasteiger partial charge in [0.2, 0.25) is 6.41 Å². The third-order valence-electron chi connectivity index (χ3n) is 1.07. The van der Waals surface area contributed by atoms with Gasteiger partial charge in [0.15, 0.2) is 0 Å². The summed E-state index contributed by atoms with van der Waals surface area (Å²) in [4.78, 5) is 11.6. The molecule has 1 aliphatic rings. The van der Waals surface area contributed by atoms with Gasteiger partial charge in [0.05, 0.1) is 0 Å². The van der Waals surface area contributed by atoms with Gasteiger partial charge in [-0.2, -0.15) is 0 Å². The lowest BCUT2D eigenvalue weighted by molar-refractivity contribution is -0.115. The van der Waals surface area contributed by atoms with Crippen LogP contribution in [0.5, 0.6) is 0 Å². The van der Waals surface area contributed by atoms with Crippen molar-refractivity contribution in [2.45, 2.75) is 0 Å². The molecule has 0 fully saturated rings. The number of carbonyl (C=O) groups is 1. The van der Waals surface area contributed by atoms with E-state index in [1.165, 1.54) is 4.90 Å². The summed E-state index contributed by atoms with van der Waals surface area (Å²) in [5.41, 5.74) is 0. The predicted octanol–water partition coefficient (Wildman–Crippen LogP) is 1.09. The fourth-order valence-corrected chi connectivity index (χ4v) is 0.780. The zero-order chi connectivity index (χ0) is 6.69. The first-order chi connectivity index (χ1) is 4.34. The molecule has 0 unspecified atom stereocenters. The van der Waals surface area contributed by atoms with Crippen molar-refractivity contribution in [1.29, 1.82) is 0 Å². The highest BCUT2D eigenvalue weighted by atomic mass is 35.5. The van der Waals surface area contributed by atoms with Crippen LogP contribution in [-0.4, -0.2) is 17.9 Å². The minimum Gasteiger partial charge on any atom is -0.301 e. The summed E-state index contributed by atoms with van der Waals surface area (Å²) < 4.78 is 0. The molecule has 2 nitrogen and oxygen atoms in total. The van der Waals surface area contributed by atoms with Crippen LogP contribution >= 0.6 is 11.6 Å². The van der Waals surface area contributed by atoms with E-state index in [0.717, 1.165) is 0 Å². The monoisotopic (exact) mass is 143 g/mol. The van der Waals surface area contributed by atoms with Crippen molar-refractivity contribution in [3.8, 4) is 0 Å². The number of hydrogen-bond acceptors (Lipinski definition) is 1. The van der Waals surface area contributed by atoms with Crippen molar-refractivity contribution in [3.63, 3.8) is 0 Å². The van der Waals surface area contributed by atoms with Crippen molar-refractivity contribution >= 4 is 18.0 Å². The first kappa shape index (κ1) is 6.36. The maximum atomic E-state index is 10.1. The smallest absolute Gasteiger partial charge is 0.215 e. The van der Waals surface area contributed by atoms with Gasteiger partial charge in [-0.1, -0.05) is 23.8 Å². The number of halogens is 1. The molecular formula is C6H6ClNO. The molecule has 48 valence electrons. The molecule has 1 aliphatic heterocycles. The molecule has 0 bridgehead atoms. The zero-order valence-corrected chi connectivity index (χ0v) is 5.51. The van der Waals surface area contributed by atoms with E-state index in [-0.39, 0.29) is 0 Å². The van der Waals surface area contributed by atoms with Crippen LogP contribution in [0, 0.1) is 0 Å². The number of rotatable bonds is 1. The third-order valence-corrected chi connectivity index (χ3v) is 1.42. The Labute approximate surface area is 58.4 Å². The molecule has 0 N–H and O–H groups in total. The van der Waals surface area contributed by atoms with Gasteiger partial charge in [-0.25, -0.2) is 0 Å². The fourth-order valence-electron chi connectivity index (χ4n) is 0.598. The highest BCUT2D eigenvalue weighted by molar-refractivity contribution is 6.30. The van der Waals surface area contributed by atoms with E-state index in [4.69, 9.17) is 11.6 Å². The summed E-state index contributed by atoms with van der Waals surface area (Å²) in [6, 6.07) is 0. The van der Waals surface area contributed by atoms with E-state index in [1.54, 1.807) is 6.08 Å². The minimum atomic E-state index is 0.479. The SMILES string of the molecule is O=CN1CC=CC=C1Cl. The maximum absolute atomic E-state index is 10.1. The molecule has 0 spiro atoms. The normalized spacial score (nSPS) is 17.4. The van der Waals surface area contributed by atoms with Gasteiger partial charge in [0.25, 0.3) is 0 Å². The Kier molecular flexibility index (Phi) is 1.90. The van der Waals surface area contributed by atoms with Gasteiger partial charge >= 0.3 is 0 Å². The molecule has 9 heavy (non-hydrogen) atoms. The van der Waals surface area contributed by atoms with Gasteiger partial charge in [-0.05, 0) is 6.08 Å². The maximum Gasteiger partial charge on any atom is 0.215 e. The topological polar surface area (TPSA) is 20.3 Å². The summed E-state index contributed by atoms with van der Waals surface area (Å²) in [7, 11) is 0. The molecule has 3 heteroatoms. The van der Waals surface area contributed by atoms with E-state index >= 15 is 0 Å². The van der Waals surface area contributed by atoms with Gasteiger partial charge < -0.3 is 4.90 Å². The second-order valence-electron chi connectivity index (χ2n) is 1.68. The molecule has 0 aromatic rings. The molecule has 0 aliphatic carbocycles. The first-order valence-corrected chi connectivity index (χ1v) is 2.96. The quantitative estimate of drug-likeness (QED) is 0.398. The average molecular weight is 144 g/mol. The van der Waals surface area contributed by atoms with E-state index in [1.807, 2.05) is 12.2 Å². The Bertz CT molecular complexity index is 174. The number of allylic oxidation sites excluding steroid dienone is 2. The number of hydrogen-bond donors (Lipinski definition) is 0. The van der Waals surface area contributed by atoms with Gasteiger partial charge in [0.1, 0.15) is 5.16 Å². The Morgan fingerprint density at radius 1 is 1.78 bits per heavy atom. The number of amides is 1. The van der Waals surface area contributed by atoms with Gasteiger partial charge in [-0.15, -0.1) is 0 Å². The third kappa shape index (κ3) is 1.33. The minimum absolute atomic E-state index is 0.479. The highest BCUT2D eigenvalue weighted by Crippen LogP contribution is 2.10. The Hall–Kier alpha value is -0.760. The predicted molar refractivity (Wildman–Crippen MR) is 35.8 cm³/mol. The lowest BCUT2D eigenvalue weighted by Crippen LogP contribution is -2.19. The summed E-state index contributed by atoms with van der Waals surface area (Å²) in [6.45, 7) is 0.582. The Morgan fingerprint density at radius 3 is 3.00 bits per heavy atom. The van der Waals surface area contributed by atoms with Crippen LogP contribution in [0.4, 0.5) is 0 Å². The number of nitrogens with zero attached hydrogens (tertiary/aromatic N) is 1. The molecule has 1 rings (SSSR count). The van der Waals surface area contributed by atoms with Crippen LogP contribution in [0.3, 0.4) is 0 Å². The lowest BCUT2D eigenvalue weighted by atomic mass is 10.4. The molecule has 0 atom stereocenters. The number of carbonyl (C=O) groups excluding carboxylic acids is 1. The summed E-state index contributed by atoms with van der Waals surface area (Å²) in [5.74, 6) is 0. The van der Waals surface area contributed by atoms with Crippen LogP contribution in [0.15, 0.2) is 23.4 Å². The second kappa shape index (κ2) is 2.69. The Balaban J connectivity index is 2.69. The molecule has 0 saturated heterocycles. The van der Waals surface area contributed by atoms with E-state index in [9.17, 15) is 4.79 Å². The van der Waals surface area contributed by atoms with Crippen molar-refractivity contribution in [2.75, 3.05) is 6.54 Å². The highest BCUT2D eigenvalue weighted by Gasteiger charge is 2.04. The van der Waals surface area contributed by atoms with E-state index in [0.29, 0.717) is 18.1 Å². The van der Waals surface area contributed by atoms with Crippen LogP contribution in [0.1, 0.15) is 0 Å². The van der Waals surface area contributed by atoms with Crippen molar-refractivity contribution in [2.24, 2.45) is 0 Å². The Morgan fingerprint density at radius 2 is 2.56 bits per heavy atom. The van der Waals surface area contributed by atoms with Crippen LogP contribution in [0.2, 0.25) is 0 Å². The fraction of sp³-hybridized carbons (Fsp3) is 0.167.